The van der Waals surface area contributed by atoms with Crippen LogP contribution in [0.15, 0.2) is 23.1 Å². The van der Waals surface area contributed by atoms with Gasteiger partial charge in [-0.1, -0.05) is 11.6 Å². The van der Waals surface area contributed by atoms with Gasteiger partial charge in [0.05, 0.1) is 6.61 Å². The van der Waals surface area contributed by atoms with Crippen LogP contribution in [0.4, 0.5) is 0 Å². The molecule has 0 aliphatic carbocycles. The van der Waals surface area contributed by atoms with Gasteiger partial charge in [-0.05, 0) is 45.0 Å². The van der Waals surface area contributed by atoms with Crippen LogP contribution in [0.25, 0.3) is 0 Å². The zero-order valence-electron chi connectivity index (χ0n) is 14.7. The van der Waals surface area contributed by atoms with Gasteiger partial charge in [-0.2, -0.15) is 4.31 Å². The van der Waals surface area contributed by atoms with Gasteiger partial charge in [-0.3, -0.25) is 0 Å². The standard InChI is InChI=1S/C16H25ClN2O4S.ClH/c1-12(11-22-3)23-15-7-6-13(17)9-16(15)24(20,21)19-8-4-5-14(10-19)18-2;/h6-7,9,12,14,18H,4-5,8,10-11H2,1-3H3;1H. The minimum atomic E-state index is -3.68. The first-order valence-corrected chi connectivity index (χ1v) is 9.83. The smallest absolute Gasteiger partial charge is 0.246 e. The summed E-state index contributed by atoms with van der Waals surface area (Å²) in [6.07, 6.45) is 1.52. The van der Waals surface area contributed by atoms with E-state index >= 15 is 0 Å². The third kappa shape index (κ3) is 5.70. The van der Waals surface area contributed by atoms with Crippen LogP contribution in [-0.4, -0.2) is 58.7 Å². The Balaban J connectivity index is 0.00000312. The molecule has 1 aliphatic rings. The number of piperidine rings is 1. The number of methoxy groups -OCH3 is 1. The minimum Gasteiger partial charge on any atom is -0.487 e. The molecule has 2 atom stereocenters. The molecule has 1 aliphatic heterocycles. The van der Waals surface area contributed by atoms with Gasteiger partial charge in [-0.25, -0.2) is 8.42 Å². The summed E-state index contributed by atoms with van der Waals surface area (Å²) in [4.78, 5) is 0.106. The van der Waals surface area contributed by atoms with E-state index < -0.39 is 10.0 Å². The lowest BCUT2D eigenvalue weighted by Gasteiger charge is -2.32. The first-order chi connectivity index (χ1) is 11.4. The molecule has 0 spiro atoms. The molecule has 2 unspecified atom stereocenters. The number of sulfonamides is 1. The Morgan fingerprint density at radius 2 is 2.16 bits per heavy atom. The third-order valence-corrected chi connectivity index (χ3v) is 6.17. The summed E-state index contributed by atoms with van der Waals surface area (Å²) < 4.78 is 38.5. The maximum absolute atomic E-state index is 13.1. The van der Waals surface area contributed by atoms with Crippen molar-refractivity contribution in [3.8, 4) is 5.75 Å². The molecule has 1 heterocycles. The highest BCUT2D eigenvalue weighted by Crippen LogP contribution is 2.31. The molecule has 1 aromatic rings. The van der Waals surface area contributed by atoms with E-state index in [1.807, 2.05) is 14.0 Å². The van der Waals surface area contributed by atoms with Crippen LogP contribution in [-0.2, 0) is 14.8 Å². The molecule has 1 N–H and O–H groups in total. The van der Waals surface area contributed by atoms with E-state index in [2.05, 4.69) is 5.32 Å². The second-order valence-corrected chi connectivity index (χ2v) is 8.31. The number of rotatable bonds is 7. The molecule has 0 amide bonds. The largest absolute Gasteiger partial charge is 0.487 e. The Kier molecular flexibility index (Phi) is 8.94. The first kappa shape index (κ1) is 22.5. The summed E-state index contributed by atoms with van der Waals surface area (Å²) in [6.45, 7) is 3.14. The van der Waals surface area contributed by atoms with Gasteiger partial charge < -0.3 is 14.8 Å². The van der Waals surface area contributed by atoms with E-state index in [1.54, 1.807) is 19.2 Å². The van der Waals surface area contributed by atoms with Crippen molar-refractivity contribution in [2.45, 2.75) is 36.8 Å². The number of hydrogen-bond acceptors (Lipinski definition) is 5. The normalized spacial score (nSPS) is 19.9. The van der Waals surface area contributed by atoms with Crippen molar-refractivity contribution in [2.24, 2.45) is 0 Å². The van der Waals surface area contributed by atoms with Gasteiger partial charge in [-0.15, -0.1) is 12.4 Å². The van der Waals surface area contributed by atoms with Crippen molar-refractivity contribution in [3.63, 3.8) is 0 Å². The lowest BCUT2D eigenvalue weighted by molar-refractivity contribution is 0.0900. The lowest BCUT2D eigenvalue weighted by atomic mass is 10.1. The molecule has 0 bridgehead atoms. The Bertz CT molecular complexity index is 658. The van der Waals surface area contributed by atoms with Crippen molar-refractivity contribution in [2.75, 3.05) is 33.9 Å². The minimum absolute atomic E-state index is 0. The van der Waals surface area contributed by atoms with Gasteiger partial charge in [0.15, 0.2) is 0 Å². The number of nitrogens with zero attached hydrogens (tertiary/aromatic N) is 1. The highest BCUT2D eigenvalue weighted by Gasteiger charge is 2.32. The van der Waals surface area contributed by atoms with Crippen LogP contribution < -0.4 is 10.1 Å². The monoisotopic (exact) mass is 412 g/mol. The maximum atomic E-state index is 13.1. The molecule has 9 heteroatoms. The van der Waals surface area contributed by atoms with Crippen molar-refractivity contribution in [1.29, 1.82) is 0 Å². The van der Waals surface area contributed by atoms with Crippen molar-refractivity contribution < 1.29 is 17.9 Å². The van der Waals surface area contributed by atoms with E-state index in [-0.39, 0.29) is 29.4 Å². The number of benzene rings is 1. The fraction of sp³-hybridized carbons (Fsp3) is 0.625. The van der Waals surface area contributed by atoms with E-state index in [4.69, 9.17) is 21.1 Å². The van der Waals surface area contributed by atoms with Gasteiger partial charge in [0.2, 0.25) is 10.0 Å². The molecule has 1 aromatic carbocycles. The molecule has 6 nitrogen and oxygen atoms in total. The average molecular weight is 413 g/mol. The molecule has 1 fully saturated rings. The zero-order chi connectivity index (χ0) is 17.7. The van der Waals surface area contributed by atoms with Crippen LogP contribution in [0, 0.1) is 0 Å². The van der Waals surface area contributed by atoms with Crippen LogP contribution >= 0.6 is 24.0 Å². The van der Waals surface area contributed by atoms with Gasteiger partial charge in [0.1, 0.15) is 16.7 Å². The summed E-state index contributed by atoms with van der Waals surface area (Å²) in [6, 6.07) is 4.84. The fourth-order valence-electron chi connectivity index (χ4n) is 2.80. The topological polar surface area (TPSA) is 67.9 Å². The van der Waals surface area contributed by atoms with Gasteiger partial charge in [0.25, 0.3) is 0 Å². The molecular formula is C16H26Cl2N2O4S. The predicted molar refractivity (Wildman–Crippen MR) is 102 cm³/mol. The number of hydrogen-bond donors (Lipinski definition) is 1. The van der Waals surface area contributed by atoms with Gasteiger partial charge in [0, 0.05) is 31.3 Å². The number of likely N-dealkylation sites (N-methyl/N-ethyl adjacent to an activating group) is 1. The quantitative estimate of drug-likeness (QED) is 0.744. The molecule has 25 heavy (non-hydrogen) atoms. The Morgan fingerprint density at radius 1 is 1.44 bits per heavy atom. The van der Waals surface area contributed by atoms with Crippen molar-refractivity contribution in [3.05, 3.63) is 23.2 Å². The second-order valence-electron chi connectivity index (χ2n) is 5.97. The molecule has 144 valence electrons. The number of nitrogens with one attached hydrogen (secondary N) is 1. The summed E-state index contributed by atoms with van der Waals surface area (Å²) in [5, 5.41) is 3.52. The Hall–Kier alpha value is -0.570. The molecule has 2 rings (SSSR count). The number of ether oxygens (including phenoxy) is 2. The number of halogens is 2. The highest BCUT2D eigenvalue weighted by atomic mass is 35.5. The van der Waals surface area contributed by atoms with E-state index in [0.29, 0.717) is 30.5 Å². The second kappa shape index (κ2) is 9.94. The molecular weight excluding hydrogens is 387 g/mol. The Morgan fingerprint density at radius 3 is 2.80 bits per heavy atom. The summed E-state index contributed by atoms with van der Waals surface area (Å²) in [5.41, 5.74) is 0. The SMILES string of the molecule is CNC1CCCN(S(=O)(=O)c2cc(Cl)ccc2OC(C)COC)C1.Cl. The third-order valence-electron chi connectivity index (χ3n) is 4.05. The first-order valence-electron chi connectivity index (χ1n) is 8.01. The molecule has 0 saturated carbocycles. The van der Waals surface area contributed by atoms with Crippen LogP contribution in [0.2, 0.25) is 5.02 Å². The average Bonchev–Trinajstić information content (AvgIpc) is 2.56. The lowest BCUT2D eigenvalue weighted by Crippen LogP contribution is -2.46. The summed E-state index contributed by atoms with van der Waals surface area (Å²) >= 11 is 6.04. The van der Waals surface area contributed by atoms with Gasteiger partial charge >= 0.3 is 0 Å². The molecule has 0 radical (unpaired) electrons. The van der Waals surface area contributed by atoms with E-state index in [9.17, 15) is 8.42 Å². The Labute approximate surface area is 161 Å². The maximum Gasteiger partial charge on any atom is 0.246 e. The summed E-state index contributed by atoms with van der Waals surface area (Å²) in [7, 11) is -0.253. The molecule has 1 saturated heterocycles. The van der Waals surface area contributed by atoms with Crippen LogP contribution in [0.5, 0.6) is 5.75 Å². The fourth-order valence-corrected chi connectivity index (χ4v) is 4.71. The van der Waals surface area contributed by atoms with Crippen molar-refractivity contribution >= 4 is 34.0 Å². The predicted octanol–water partition coefficient (Wildman–Crippen LogP) is 2.55. The zero-order valence-corrected chi connectivity index (χ0v) is 17.1. The van der Waals surface area contributed by atoms with Crippen molar-refractivity contribution in [1.82, 2.24) is 9.62 Å². The van der Waals surface area contributed by atoms with Crippen LogP contribution in [0.1, 0.15) is 19.8 Å². The van der Waals surface area contributed by atoms with E-state index in [1.165, 1.54) is 10.4 Å². The molecule has 0 aromatic heterocycles. The highest BCUT2D eigenvalue weighted by molar-refractivity contribution is 7.89. The van der Waals surface area contributed by atoms with E-state index in [0.717, 1.165) is 12.8 Å². The summed E-state index contributed by atoms with van der Waals surface area (Å²) in [5.74, 6) is 0.301. The van der Waals surface area contributed by atoms with Crippen LogP contribution in [0.3, 0.4) is 0 Å².